The molecule has 0 fully saturated rings. The van der Waals surface area contributed by atoms with E-state index in [2.05, 4.69) is 103 Å². The van der Waals surface area contributed by atoms with Gasteiger partial charge in [0.25, 0.3) is 0 Å². The second kappa shape index (κ2) is 7.47. The molecule has 0 amide bonds. The molecule has 8 rings (SSSR count). The van der Waals surface area contributed by atoms with Crippen LogP contribution in [0.4, 0.5) is 0 Å². The van der Waals surface area contributed by atoms with Crippen LogP contribution in [0.3, 0.4) is 0 Å². The van der Waals surface area contributed by atoms with Crippen molar-refractivity contribution in [1.82, 2.24) is 0 Å². The van der Waals surface area contributed by atoms with Gasteiger partial charge in [0, 0.05) is 21.5 Å². The summed E-state index contributed by atoms with van der Waals surface area (Å²) in [6.45, 7) is 0. The Bertz CT molecular complexity index is 2030. The highest BCUT2D eigenvalue weighted by Crippen LogP contribution is 2.45. The first-order valence-corrected chi connectivity index (χ1v) is 12.5. The van der Waals surface area contributed by atoms with Crippen molar-refractivity contribution in [3.8, 4) is 11.1 Å². The number of rotatable bonds is 2. The minimum Gasteiger partial charge on any atom is -0.452 e. The van der Waals surface area contributed by atoms with Crippen LogP contribution in [-0.2, 0) is 0 Å². The summed E-state index contributed by atoms with van der Waals surface area (Å²) in [5.74, 6) is 0. The fourth-order valence-corrected chi connectivity index (χ4v) is 5.78. The lowest BCUT2D eigenvalue weighted by atomic mass is 9.96. The number of hydrogen-bond acceptors (Lipinski definition) is 2. The summed E-state index contributed by atoms with van der Waals surface area (Å²) in [6.07, 6.45) is 8.95. The largest absolute Gasteiger partial charge is 0.452 e. The maximum absolute atomic E-state index is 6.60. The van der Waals surface area contributed by atoms with Gasteiger partial charge in [-0.25, -0.2) is 0 Å². The molecule has 0 saturated heterocycles. The average Bonchev–Trinajstić information content (AvgIpc) is 3.52. The quantitative estimate of drug-likeness (QED) is 0.255. The normalized spacial score (nSPS) is 13.9. The van der Waals surface area contributed by atoms with Gasteiger partial charge in [0.05, 0.1) is 0 Å². The van der Waals surface area contributed by atoms with E-state index in [0.717, 1.165) is 62.3 Å². The summed E-state index contributed by atoms with van der Waals surface area (Å²) < 4.78 is 13.2. The van der Waals surface area contributed by atoms with E-state index in [9.17, 15) is 0 Å². The van der Waals surface area contributed by atoms with Crippen molar-refractivity contribution in [2.24, 2.45) is 0 Å². The molecule has 0 unspecified atom stereocenters. The van der Waals surface area contributed by atoms with Gasteiger partial charge in [-0.1, -0.05) is 85.0 Å². The fraction of sp³-hybridized carbons (Fsp3) is 0.0588. The Morgan fingerprint density at radius 2 is 1.11 bits per heavy atom. The van der Waals surface area contributed by atoms with Crippen molar-refractivity contribution < 1.29 is 8.83 Å². The Morgan fingerprint density at radius 1 is 0.500 bits per heavy atom. The van der Waals surface area contributed by atoms with Gasteiger partial charge in [0.2, 0.25) is 0 Å². The molecule has 1 aliphatic carbocycles. The first-order valence-electron chi connectivity index (χ1n) is 12.5. The standard InChI is InChI=1S/C34H22O2/c1-3-9-21(10-4-1)23-15-17-27-29(19-23)35-33-31(27)25-13-7-8-14-26(25)32-28-18-16-24(20-30(28)36-34(32)33)22-11-5-2-6-12-22/h1,3-5,7-20H,2,6H2. The molecule has 7 aromatic rings. The molecular formula is C34H22O2. The number of benzene rings is 5. The highest BCUT2D eigenvalue weighted by molar-refractivity contribution is 6.33. The third kappa shape index (κ3) is 2.79. The van der Waals surface area contributed by atoms with Gasteiger partial charge in [-0.3, -0.25) is 0 Å². The zero-order valence-corrected chi connectivity index (χ0v) is 19.6. The molecule has 2 heterocycles. The molecule has 170 valence electrons. The van der Waals surface area contributed by atoms with Crippen LogP contribution in [0.5, 0.6) is 0 Å². The number of hydrogen-bond donors (Lipinski definition) is 0. The first-order chi connectivity index (χ1) is 17.8. The molecular weight excluding hydrogens is 440 g/mol. The van der Waals surface area contributed by atoms with Crippen molar-refractivity contribution >= 4 is 60.2 Å². The average molecular weight is 463 g/mol. The minimum atomic E-state index is 0.818. The van der Waals surface area contributed by atoms with Crippen LogP contribution in [0, 0.1) is 0 Å². The van der Waals surface area contributed by atoms with Crippen LogP contribution >= 0.6 is 0 Å². The molecule has 0 aliphatic heterocycles. The molecule has 5 aromatic carbocycles. The smallest absolute Gasteiger partial charge is 0.179 e. The Labute approximate surface area is 207 Å². The van der Waals surface area contributed by atoms with E-state index in [1.807, 2.05) is 6.07 Å². The SMILES string of the molecule is C1=CC(c2ccc3c(c2)oc2c4oc5cc(-c6ccccc6)ccc5c4c4ccccc4c32)=CCC1. The molecule has 0 saturated carbocycles. The van der Waals surface area contributed by atoms with Gasteiger partial charge >= 0.3 is 0 Å². The summed E-state index contributed by atoms with van der Waals surface area (Å²) in [4.78, 5) is 0. The highest BCUT2D eigenvalue weighted by Gasteiger charge is 2.21. The lowest BCUT2D eigenvalue weighted by Crippen LogP contribution is -1.85. The maximum atomic E-state index is 6.60. The van der Waals surface area contributed by atoms with E-state index in [1.165, 1.54) is 27.5 Å². The summed E-state index contributed by atoms with van der Waals surface area (Å²) in [7, 11) is 0. The fourth-order valence-electron chi connectivity index (χ4n) is 5.78. The van der Waals surface area contributed by atoms with Gasteiger partial charge in [0.1, 0.15) is 11.2 Å². The van der Waals surface area contributed by atoms with Crippen molar-refractivity contribution in [2.75, 3.05) is 0 Å². The Balaban J connectivity index is 1.46. The minimum absolute atomic E-state index is 0.818. The van der Waals surface area contributed by atoms with Gasteiger partial charge in [-0.15, -0.1) is 0 Å². The lowest BCUT2D eigenvalue weighted by Gasteiger charge is -2.07. The number of furan rings is 2. The Morgan fingerprint density at radius 3 is 1.75 bits per heavy atom. The molecule has 36 heavy (non-hydrogen) atoms. The molecule has 0 N–H and O–H groups in total. The highest BCUT2D eigenvalue weighted by atomic mass is 16.4. The van der Waals surface area contributed by atoms with Crippen LogP contribution in [0.1, 0.15) is 18.4 Å². The molecule has 2 nitrogen and oxygen atoms in total. The molecule has 0 atom stereocenters. The first kappa shape index (κ1) is 19.7. The van der Waals surface area contributed by atoms with E-state index in [1.54, 1.807) is 0 Å². The van der Waals surface area contributed by atoms with E-state index in [0.29, 0.717) is 0 Å². The molecule has 2 aromatic heterocycles. The third-order valence-electron chi connectivity index (χ3n) is 7.49. The van der Waals surface area contributed by atoms with E-state index >= 15 is 0 Å². The lowest BCUT2D eigenvalue weighted by molar-refractivity contribution is 0.633. The predicted molar refractivity (Wildman–Crippen MR) is 150 cm³/mol. The zero-order chi connectivity index (χ0) is 23.6. The third-order valence-corrected chi connectivity index (χ3v) is 7.49. The number of allylic oxidation sites excluding steroid dienone is 4. The molecule has 0 spiro atoms. The van der Waals surface area contributed by atoms with Gasteiger partial charge in [-0.2, -0.15) is 0 Å². The van der Waals surface area contributed by atoms with Gasteiger partial charge in [0.15, 0.2) is 11.2 Å². The second-order valence-electron chi connectivity index (χ2n) is 9.59. The van der Waals surface area contributed by atoms with Crippen LogP contribution in [-0.4, -0.2) is 0 Å². The Kier molecular flexibility index (Phi) is 4.09. The van der Waals surface area contributed by atoms with Crippen LogP contribution in [0.25, 0.3) is 71.3 Å². The van der Waals surface area contributed by atoms with E-state index in [4.69, 9.17) is 8.83 Å². The molecule has 0 bridgehead atoms. The van der Waals surface area contributed by atoms with Crippen LogP contribution in [0.2, 0.25) is 0 Å². The van der Waals surface area contributed by atoms with Crippen molar-refractivity contribution in [3.63, 3.8) is 0 Å². The predicted octanol–water partition coefficient (Wildman–Crippen LogP) is 10.0. The van der Waals surface area contributed by atoms with E-state index in [-0.39, 0.29) is 0 Å². The Hall–Kier alpha value is -4.56. The van der Waals surface area contributed by atoms with Crippen molar-refractivity contribution in [1.29, 1.82) is 0 Å². The second-order valence-corrected chi connectivity index (χ2v) is 9.59. The van der Waals surface area contributed by atoms with Gasteiger partial charge in [-0.05, 0) is 70.1 Å². The summed E-state index contributed by atoms with van der Waals surface area (Å²) in [6, 6.07) is 32.1. The number of fused-ring (bicyclic) bond motifs is 10. The molecule has 1 aliphatic rings. The molecule has 2 heteroatoms. The van der Waals surface area contributed by atoms with Crippen molar-refractivity contribution in [2.45, 2.75) is 12.8 Å². The maximum Gasteiger partial charge on any atom is 0.179 e. The van der Waals surface area contributed by atoms with Crippen molar-refractivity contribution in [3.05, 3.63) is 115 Å². The summed E-state index contributed by atoms with van der Waals surface area (Å²) in [5, 5.41) is 6.85. The van der Waals surface area contributed by atoms with Crippen LogP contribution in [0.15, 0.2) is 118 Å². The zero-order valence-electron chi connectivity index (χ0n) is 19.6. The summed E-state index contributed by atoms with van der Waals surface area (Å²) in [5.41, 5.74) is 8.18. The molecule has 0 radical (unpaired) electrons. The van der Waals surface area contributed by atoms with Gasteiger partial charge < -0.3 is 8.83 Å². The van der Waals surface area contributed by atoms with Crippen LogP contribution < -0.4 is 0 Å². The summed E-state index contributed by atoms with van der Waals surface area (Å²) >= 11 is 0. The topological polar surface area (TPSA) is 26.3 Å². The monoisotopic (exact) mass is 462 g/mol. The van der Waals surface area contributed by atoms with E-state index < -0.39 is 0 Å².